The van der Waals surface area contributed by atoms with E-state index in [0.717, 1.165) is 25.7 Å². The van der Waals surface area contributed by atoms with E-state index in [2.05, 4.69) is 15.6 Å². The molecule has 0 aliphatic heterocycles. The van der Waals surface area contributed by atoms with Crippen LogP contribution in [0.15, 0.2) is 60.2 Å². The molecule has 2 heterocycles. The van der Waals surface area contributed by atoms with Gasteiger partial charge in [-0.05, 0) is 55.0 Å². The predicted molar refractivity (Wildman–Crippen MR) is 133 cm³/mol. The molecule has 3 aromatic rings. The van der Waals surface area contributed by atoms with Crippen molar-refractivity contribution in [1.29, 1.82) is 0 Å². The maximum atomic E-state index is 14.6. The number of hydrogen-bond acceptors (Lipinski definition) is 5. The summed E-state index contributed by atoms with van der Waals surface area (Å²) in [5.74, 6) is -1.81. The Balaban J connectivity index is 1.69. The summed E-state index contributed by atoms with van der Waals surface area (Å²) in [6.07, 6.45) is 6.90. The van der Waals surface area contributed by atoms with Crippen LogP contribution in [0.3, 0.4) is 0 Å². The first kappa shape index (κ1) is 24.5. The van der Waals surface area contributed by atoms with Crippen molar-refractivity contribution in [3.8, 4) is 0 Å². The largest absolute Gasteiger partial charge is 0.351 e. The van der Waals surface area contributed by atoms with Crippen LogP contribution in [-0.2, 0) is 9.59 Å². The third-order valence-electron chi connectivity index (χ3n) is 6.06. The Bertz CT molecular complexity index is 1180. The topological polar surface area (TPSA) is 91.4 Å². The lowest BCUT2D eigenvalue weighted by atomic mass is 10.0. The average molecular weight is 495 g/mol. The van der Waals surface area contributed by atoms with Gasteiger partial charge in [0.05, 0.1) is 11.4 Å². The fraction of sp³-hybridized carbons (Fsp3) is 0.308. The summed E-state index contributed by atoms with van der Waals surface area (Å²) in [6.45, 7) is 1.26. The van der Waals surface area contributed by atoms with Crippen LogP contribution in [0.1, 0.15) is 52.5 Å². The third-order valence-corrected chi connectivity index (χ3v) is 6.92. The standard InChI is InChI=1S/C26H27FN4O3S/c1-17-10-11-20(14-21(17)27)31(23(32)16-29-25(33)22-9-5-13-35-22)24(18-6-4-12-28-15-18)26(34)30-19-7-2-3-8-19/h4-6,9-15,19,24H,2-3,7-8,16H2,1H3,(H,29,33)(H,30,34). The molecular formula is C26H27FN4O3S. The summed E-state index contributed by atoms with van der Waals surface area (Å²) in [4.78, 5) is 45.4. The van der Waals surface area contributed by atoms with Crippen LogP contribution in [0.2, 0.25) is 0 Å². The summed E-state index contributed by atoms with van der Waals surface area (Å²) in [6, 6.07) is 10.1. The van der Waals surface area contributed by atoms with Gasteiger partial charge in [0, 0.05) is 29.7 Å². The second-order valence-electron chi connectivity index (χ2n) is 8.54. The first-order valence-corrected chi connectivity index (χ1v) is 12.4. The van der Waals surface area contributed by atoms with Crippen molar-refractivity contribution in [3.05, 3.63) is 82.1 Å². The number of anilines is 1. The molecule has 1 atom stereocenters. The molecule has 1 aliphatic rings. The highest BCUT2D eigenvalue weighted by atomic mass is 32.1. The number of benzene rings is 1. The smallest absolute Gasteiger partial charge is 0.261 e. The lowest BCUT2D eigenvalue weighted by Crippen LogP contribution is -2.49. The zero-order chi connectivity index (χ0) is 24.8. The maximum Gasteiger partial charge on any atom is 0.261 e. The number of nitrogens with one attached hydrogen (secondary N) is 2. The van der Waals surface area contributed by atoms with Gasteiger partial charge < -0.3 is 10.6 Å². The first-order valence-electron chi connectivity index (χ1n) is 11.5. The van der Waals surface area contributed by atoms with E-state index in [1.807, 2.05) is 0 Å². The molecule has 1 aliphatic carbocycles. The molecule has 0 bridgehead atoms. The van der Waals surface area contributed by atoms with Crippen molar-refractivity contribution >= 4 is 34.7 Å². The van der Waals surface area contributed by atoms with Gasteiger partial charge in [0.25, 0.3) is 5.91 Å². The fourth-order valence-electron chi connectivity index (χ4n) is 4.21. The average Bonchev–Trinajstić information content (AvgIpc) is 3.58. The van der Waals surface area contributed by atoms with E-state index in [4.69, 9.17) is 0 Å². The Labute approximate surface area is 207 Å². The molecule has 2 N–H and O–H groups in total. The van der Waals surface area contributed by atoms with Gasteiger partial charge in [-0.2, -0.15) is 0 Å². The van der Waals surface area contributed by atoms with E-state index in [1.165, 1.54) is 28.5 Å². The monoisotopic (exact) mass is 494 g/mol. The highest BCUT2D eigenvalue weighted by molar-refractivity contribution is 7.12. The second-order valence-corrected chi connectivity index (χ2v) is 9.48. The third kappa shape index (κ3) is 5.92. The Hall–Kier alpha value is -3.59. The van der Waals surface area contributed by atoms with Gasteiger partial charge in [-0.1, -0.05) is 31.0 Å². The van der Waals surface area contributed by atoms with Gasteiger partial charge in [0.2, 0.25) is 11.8 Å². The summed E-state index contributed by atoms with van der Waals surface area (Å²) in [5, 5.41) is 7.44. The molecule has 0 radical (unpaired) electrons. The van der Waals surface area contributed by atoms with Gasteiger partial charge in [-0.25, -0.2) is 4.39 Å². The molecule has 7 nitrogen and oxygen atoms in total. The van der Waals surface area contributed by atoms with E-state index in [9.17, 15) is 18.8 Å². The lowest BCUT2D eigenvalue weighted by Gasteiger charge is -2.32. The number of carbonyl (C=O) groups excluding carboxylic acids is 3. The normalized spacial score (nSPS) is 14.3. The summed E-state index contributed by atoms with van der Waals surface area (Å²) < 4.78 is 14.6. The van der Waals surface area contributed by atoms with Gasteiger partial charge >= 0.3 is 0 Å². The molecule has 2 aromatic heterocycles. The van der Waals surface area contributed by atoms with Crippen molar-refractivity contribution in [3.63, 3.8) is 0 Å². The number of carbonyl (C=O) groups is 3. The van der Waals surface area contributed by atoms with E-state index in [1.54, 1.807) is 54.9 Å². The van der Waals surface area contributed by atoms with Crippen molar-refractivity contribution in [2.75, 3.05) is 11.4 Å². The number of amides is 3. The van der Waals surface area contributed by atoms with Crippen LogP contribution in [0.4, 0.5) is 10.1 Å². The zero-order valence-electron chi connectivity index (χ0n) is 19.4. The van der Waals surface area contributed by atoms with Crippen molar-refractivity contribution in [2.24, 2.45) is 0 Å². The number of hydrogen-bond donors (Lipinski definition) is 2. The minimum atomic E-state index is -1.09. The summed E-state index contributed by atoms with van der Waals surface area (Å²) >= 11 is 1.26. The number of aryl methyl sites for hydroxylation is 1. The van der Waals surface area contributed by atoms with Gasteiger partial charge in [0.15, 0.2) is 0 Å². The zero-order valence-corrected chi connectivity index (χ0v) is 20.2. The number of pyridine rings is 1. The minimum absolute atomic E-state index is 0.0203. The van der Waals surface area contributed by atoms with Gasteiger partial charge in [0.1, 0.15) is 11.9 Å². The number of aromatic nitrogens is 1. The van der Waals surface area contributed by atoms with Crippen LogP contribution in [0.25, 0.3) is 0 Å². The maximum absolute atomic E-state index is 14.6. The number of halogens is 1. The molecule has 182 valence electrons. The van der Waals surface area contributed by atoms with Crippen molar-refractivity contribution < 1.29 is 18.8 Å². The summed E-state index contributed by atoms with van der Waals surface area (Å²) in [5.41, 5.74) is 1.13. The summed E-state index contributed by atoms with van der Waals surface area (Å²) in [7, 11) is 0. The van der Waals surface area contributed by atoms with E-state index in [0.29, 0.717) is 16.0 Å². The molecule has 0 spiro atoms. The quantitative estimate of drug-likeness (QED) is 0.492. The van der Waals surface area contributed by atoms with Crippen LogP contribution in [0, 0.1) is 12.7 Å². The molecule has 1 unspecified atom stereocenters. The second kappa shape index (κ2) is 11.2. The molecular weight excluding hydrogens is 467 g/mol. The van der Waals surface area contributed by atoms with E-state index >= 15 is 0 Å². The molecule has 1 saturated carbocycles. The minimum Gasteiger partial charge on any atom is -0.351 e. The molecule has 35 heavy (non-hydrogen) atoms. The Morgan fingerprint density at radius 2 is 1.97 bits per heavy atom. The molecule has 1 aromatic carbocycles. The molecule has 0 saturated heterocycles. The number of rotatable bonds is 8. The SMILES string of the molecule is Cc1ccc(N(C(=O)CNC(=O)c2cccs2)C(C(=O)NC2CCCC2)c2cccnc2)cc1F. The molecule has 9 heteroatoms. The van der Waals surface area contributed by atoms with Crippen molar-refractivity contribution in [2.45, 2.75) is 44.7 Å². The van der Waals surface area contributed by atoms with Gasteiger partial charge in [-0.3, -0.25) is 24.3 Å². The van der Waals surface area contributed by atoms with Crippen LogP contribution >= 0.6 is 11.3 Å². The molecule has 1 fully saturated rings. The number of nitrogens with zero attached hydrogens (tertiary/aromatic N) is 2. The first-order chi connectivity index (χ1) is 16.9. The Morgan fingerprint density at radius 1 is 1.17 bits per heavy atom. The van der Waals surface area contributed by atoms with Crippen LogP contribution in [-0.4, -0.2) is 35.3 Å². The van der Waals surface area contributed by atoms with Crippen molar-refractivity contribution in [1.82, 2.24) is 15.6 Å². The molecule has 3 amide bonds. The van der Waals surface area contributed by atoms with Crippen LogP contribution in [0.5, 0.6) is 0 Å². The number of thiophene rings is 1. The van der Waals surface area contributed by atoms with E-state index < -0.39 is 23.7 Å². The highest BCUT2D eigenvalue weighted by Gasteiger charge is 2.34. The fourth-order valence-corrected chi connectivity index (χ4v) is 4.85. The van der Waals surface area contributed by atoms with Crippen LogP contribution < -0.4 is 15.5 Å². The van der Waals surface area contributed by atoms with Gasteiger partial charge in [-0.15, -0.1) is 11.3 Å². The lowest BCUT2D eigenvalue weighted by molar-refractivity contribution is -0.126. The molecule has 4 rings (SSSR count). The predicted octanol–water partition coefficient (Wildman–Crippen LogP) is 4.15. The Kier molecular flexibility index (Phi) is 7.87. The van der Waals surface area contributed by atoms with E-state index in [-0.39, 0.29) is 24.2 Å². The highest BCUT2D eigenvalue weighted by Crippen LogP contribution is 2.30. The Morgan fingerprint density at radius 3 is 2.63 bits per heavy atom.